The van der Waals surface area contributed by atoms with Crippen molar-refractivity contribution in [2.75, 3.05) is 6.54 Å². The van der Waals surface area contributed by atoms with E-state index in [1.54, 1.807) is 0 Å². The molecular weight excluding hydrogens is 516 g/mol. The van der Waals surface area contributed by atoms with Gasteiger partial charge in [-0.25, -0.2) is 22.8 Å². The second-order valence-corrected chi connectivity index (χ2v) is 10.3. The molecule has 1 unspecified atom stereocenters. The summed E-state index contributed by atoms with van der Waals surface area (Å²) in [7, 11) is -4.10. The van der Waals surface area contributed by atoms with Crippen LogP contribution in [0, 0.1) is 5.82 Å². The maximum absolute atomic E-state index is 13.5. The monoisotopic (exact) mass is 534 g/mol. The van der Waals surface area contributed by atoms with Crippen molar-refractivity contribution in [3.8, 4) is 11.4 Å². The van der Waals surface area contributed by atoms with E-state index in [0.717, 1.165) is 22.5 Å². The topological polar surface area (TPSA) is 106 Å². The smallest absolute Gasteiger partial charge is 0.417 e. The number of carbonyl (C=O) groups excluding carboxylic acids is 1. The van der Waals surface area contributed by atoms with Crippen LogP contribution in [-0.2, 0) is 27.4 Å². The van der Waals surface area contributed by atoms with Crippen molar-refractivity contribution < 1.29 is 35.2 Å². The van der Waals surface area contributed by atoms with E-state index < -0.39 is 33.6 Å². The van der Waals surface area contributed by atoms with Crippen LogP contribution in [0.5, 0.6) is 0 Å². The van der Waals surface area contributed by atoms with Crippen LogP contribution in [0.4, 0.5) is 17.6 Å². The molecule has 0 amide bonds. The normalized spacial score (nSPS) is 16.6. The molecule has 3 aromatic heterocycles. The van der Waals surface area contributed by atoms with Crippen molar-refractivity contribution in [3.05, 3.63) is 72.1 Å². The molecule has 0 aliphatic carbocycles. The predicted octanol–water partition coefficient (Wildman–Crippen LogP) is 4.41. The molecule has 1 atom stereocenters. The lowest BCUT2D eigenvalue weighted by Crippen LogP contribution is -2.54. The highest BCUT2D eigenvalue weighted by molar-refractivity contribution is 7.89. The number of carbonyl (C=O) groups is 1. The van der Waals surface area contributed by atoms with Crippen molar-refractivity contribution in [2.45, 2.75) is 36.6 Å². The van der Waals surface area contributed by atoms with Crippen LogP contribution in [0.15, 0.2) is 64.5 Å². The Bertz CT molecular complexity index is 1590. The van der Waals surface area contributed by atoms with Gasteiger partial charge in [0, 0.05) is 36.3 Å². The zero-order chi connectivity index (χ0) is 26.4. The van der Waals surface area contributed by atoms with Gasteiger partial charge >= 0.3 is 6.18 Å². The number of rotatable bonds is 7. The number of nitrogens with zero attached hydrogens (tertiary/aromatic N) is 4. The molecule has 1 aliphatic rings. The van der Waals surface area contributed by atoms with E-state index in [1.807, 2.05) is 0 Å². The summed E-state index contributed by atoms with van der Waals surface area (Å²) in [6.07, 6.45) is -2.07. The molecule has 0 N–H and O–H groups in total. The SMILES string of the molecule is O=C(CCc1cc(-c2ccc(C(F)(F)F)cn2)ncn1)C1CCN1S(=O)(=O)c1cc2cc(F)ccc2o1. The van der Waals surface area contributed by atoms with E-state index in [0.29, 0.717) is 29.4 Å². The third-order valence-corrected chi connectivity index (χ3v) is 7.83. The molecule has 1 aromatic carbocycles. The fourth-order valence-electron chi connectivity index (χ4n) is 4.01. The van der Waals surface area contributed by atoms with Crippen LogP contribution >= 0.6 is 0 Å². The Balaban J connectivity index is 1.25. The summed E-state index contributed by atoms with van der Waals surface area (Å²) in [6.45, 7) is 0.140. The van der Waals surface area contributed by atoms with Gasteiger partial charge in [-0.3, -0.25) is 9.78 Å². The highest BCUT2D eigenvalue weighted by Crippen LogP contribution is 2.32. The van der Waals surface area contributed by atoms with Crippen LogP contribution in [0.25, 0.3) is 22.4 Å². The summed E-state index contributed by atoms with van der Waals surface area (Å²) in [5.41, 5.74) is 0.287. The number of aromatic nitrogens is 3. The Morgan fingerprint density at radius 3 is 2.54 bits per heavy atom. The summed E-state index contributed by atoms with van der Waals surface area (Å²) >= 11 is 0. The maximum Gasteiger partial charge on any atom is 0.417 e. The number of benzene rings is 1. The largest absolute Gasteiger partial charge is 0.443 e. The Hall–Kier alpha value is -3.71. The first kappa shape index (κ1) is 25.0. The standard InChI is InChI=1S/C24H18F4N4O4S/c25-16-2-6-22-14(9-16)10-23(36-22)37(34,35)32-8-7-20(32)21(33)5-3-17-11-19(31-13-30-17)18-4-1-15(12-29-18)24(26,27)28/h1-2,4,6,9-13,20H,3,5,7-8H2. The van der Waals surface area contributed by atoms with Crippen LogP contribution in [0.3, 0.4) is 0 Å². The first-order valence-electron chi connectivity index (χ1n) is 11.1. The number of furan rings is 1. The van der Waals surface area contributed by atoms with Crippen LogP contribution < -0.4 is 0 Å². The predicted molar refractivity (Wildman–Crippen MR) is 122 cm³/mol. The number of sulfonamides is 1. The Kier molecular flexibility index (Phi) is 6.28. The van der Waals surface area contributed by atoms with Gasteiger partial charge in [-0.15, -0.1) is 0 Å². The molecule has 0 spiro atoms. The van der Waals surface area contributed by atoms with Gasteiger partial charge in [-0.05, 0) is 49.2 Å². The van der Waals surface area contributed by atoms with Gasteiger partial charge in [0.05, 0.1) is 23.0 Å². The van der Waals surface area contributed by atoms with Gasteiger partial charge in [-0.1, -0.05) is 0 Å². The number of Topliss-reactive ketones (excluding diaryl/α,β-unsaturated/α-hetero) is 1. The highest BCUT2D eigenvalue weighted by atomic mass is 32.2. The first-order chi connectivity index (χ1) is 17.5. The Morgan fingerprint density at radius 1 is 1.05 bits per heavy atom. The summed E-state index contributed by atoms with van der Waals surface area (Å²) in [4.78, 5) is 24.8. The first-order valence-corrected chi connectivity index (χ1v) is 12.5. The zero-order valence-corrected chi connectivity index (χ0v) is 19.8. The molecule has 13 heteroatoms. The van der Waals surface area contributed by atoms with Gasteiger partial charge in [0.15, 0.2) is 5.78 Å². The molecule has 4 aromatic rings. The number of hydrogen-bond donors (Lipinski definition) is 0. The van der Waals surface area contributed by atoms with E-state index in [2.05, 4.69) is 15.0 Å². The fourth-order valence-corrected chi connectivity index (χ4v) is 5.62. The molecule has 1 aliphatic heterocycles. The minimum Gasteiger partial charge on any atom is -0.443 e. The number of pyridine rings is 1. The van der Waals surface area contributed by atoms with Gasteiger partial charge in [0.2, 0.25) is 5.09 Å². The van der Waals surface area contributed by atoms with Crippen molar-refractivity contribution in [1.82, 2.24) is 19.3 Å². The third-order valence-electron chi connectivity index (χ3n) is 6.07. The molecular formula is C24H18F4N4O4S. The average molecular weight is 534 g/mol. The molecule has 1 saturated heterocycles. The summed E-state index contributed by atoms with van der Waals surface area (Å²) in [5.74, 6) is -0.846. The number of halogens is 4. The van der Waals surface area contributed by atoms with E-state index in [1.165, 1.54) is 30.6 Å². The van der Waals surface area contributed by atoms with Crippen LogP contribution in [-0.4, -0.2) is 46.0 Å². The molecule has 1 fully saturated rings. The van der Waals surface area contributed by atoms with Gasteiger partial charge < -0.3 is 4.42 Å². The minimum absolute atomic E-state index is 0.0150. The lowest BCUT2D eigenvalue weighted by molar-refractivity contribution is -0.137. The molecule has 192 valence electrons. The molecule has 0 bridgehead atoms. The number of ketones is 1. The molecule has 0 saturated carbocycles. The quantitative estimate of drug-likeness (QED) is 0.324. The van der Waals surface area contributed by atoms with Crippen LogP contribution in [0.1, 0.15) is 24.1 Å². The van der Waals surface area contributed by atoms with E-state index in [4.69, 9.17) is 4.42 Å². The van der Waals surface area contributed by atoms with Crippen LogP contribution in [0.2, 0.25) is 0 Å². The van der Waals surface area contributed by atoms with E-state index in [9.17, 15) is 30.8 Å². The van der Waals surface area contributed by atoms with Crippen molar-refractivity contribution in [2.24, 2.45) is 0 Å². The summed E-state index contributed by atoms with van der Waals surface area (Å²) < 4.78 is 84.3. The van der Waals surface area contributed by atoms with Gasteiger partial charge in [-0.2, -0.15) is 17.5 Å². The summed E-state index contributed by atoms with van der Waals surface area (Å²) in [5, 5.41) is -0.0702. The number of fused-ring (bicyclic) bond motifs is 1. The van der Waals surface area contributed by atoms with Gasteiger partial charge in [0.25, 0.3) is 10.0 Å². The fraction of sp³-hybridized carbons (Fsp3) is 0.250. The number of hydrogen-bond acceptors (Lipinski definition) is 7. The molecule has 5 rings (SSSR count). The maximum atomic E-state index is 13.5. The average Bonchev–Trinajstić information content (AvgIpc) is 3.26. The second-order valence-electron chi connectivity index (χ2n) is 8.46. The summed E-state index contributed by atoms with van der Waals surface area (Å²) in [6, 6.07) is 7.63. The second kappa shape index (κ2) is 9.30. The lowest BCUT2D eigenvalue weighted by Gasteiger charge is -2.37. The van der Waals surface area contributed by atoms with Crippen molar-refractivity contribution >= 4 is 26.8 Å². The minimum atomic E-state index is -4.51. The van der Waals surface area contributed by atoms with E-state index >= 15 is 0 Å². The molecule has 37 heavy (non-hydrogen) atoms. The highest BCUT2D eigenvalue weighted by Gasteiger charge is 2.43. The number of aryl methyl sites for hydroxylation is 1. The molecule has 4 heterocycles. The van der Waals surface area contributed by atoms with E-state index in [-0.39, 0.29) is 41.5 Å². The Morgan fingerprint density at radius 2 is 1.86 bits per heavy atom. The van der Waals surface area contributed by atoms with Crippen molar-refractivity contribution in [1.29, 1.82) is 0 Å². The molecule has 8 nitrogen and oxygen atoms in total. The lowest BCUT2D eigenvalue weighted by atomic mass is 9.98. The zero-order valence-electron chi connectivity index (χ0n) is 18.9. The number of alkyl halides is 3. The van der Waals surface area contributed by atoms with Gasteiger partial charge in [0.1, 0.15) is 17.7 Å². The van der Waals surface area contributed by atoms with Crippen molar-refractivity contribution in [3.63, 3.8) is 0 Å². The molecule has 0 radical (unpaired) electrons. The third kappa shape index (κ3) is 4.96. The Labute approximate surface area is 208 Å².